The van der Waals surface area contributed by atoms with Gasteiger partial charge in [0.2, 0.25) is 0 Å². The van der Waals surface area contributed by atoms with Gasteiger partial charge in [0.15, 0.2) is 0 Å². The predicted octanol–water partition coefficient (Wildman–Crippen LogP) is 4.32. The number of unbranched alkanes of at least 4 members (excludes halogenated alkanes) is 1. The molecule has 0 aliphatic heterocycles. The highest BCUT2D eigenvalue weighted by atomic mass is 14.1. The second kappa shape index (κ2) is 6.44. The first kappa shape index (κ1) is 12.0. The van der Waals surface area contributed by atoms with Crippen molar-refractivity contribution in [3.8, 4) is 0 Å². The SMILES string of the molecule is C=CCCCc1ccc(CC)cc1CC. The molecule has 1 aromatic carbocycles. The lowest BCUT2D eigenvalue weighted by Gasteiger charge is -2.09. The molecule has 0 fully saturated rings. The van der Waals surface area contributed by atoms with Crippen molar-refractivity contribution in [1.29, 1.82) is 0 Å². The molecule has 0 heteroatoms. The van der Waals surface area contributed by atoms with Crippen LogP contribution in [0.25, 0.3) is 0 Å². The van der Waals surface area contributed by atoms with Crippen LogP contribution in [0.3, 0.4) is 0 Å². The summed E-state index contributed by atoms with van der Waals surface area (Å²) >= 11 is 0. The van der Waals surface area contributed by atoms with E-state index in [2.05, 4.69) is 38.6 Å². The lowest BCUT2D eigenvalue weighted by Crippen LogP contribution is -1.95. The fraction of sp³-hybridized carbons (Fsp3) is 0.467. The van der Waals surface area contributed by atoms with Gasteiger partial charge in [0.25, 0.3) is 0 Å². The molecule has 0 aromatic heterocycles. The van der Waals surface area contributed by atoms with E-state index in [0.717, 1.165) is 19.3 Å². The molecule has 82 valence electrons. The monoisotopic (exact) mass is 202 g/mol. The minimum atomic E-state index is 1.12. The van der Waals surface area contributed by atoms with Crippen molar-refractivity contribution in [3.05, 3.63) is 47.5 Å². The average molecular weight is 202 g/mol. The average Bonchev–Trinajstić information content (AvgIpc) is 2.29. The number of hydrogen-bond donors (Lipinski definition) is 0. The molecule has 0 spiro atoms. The Morgan fingerprint density at radius 2 is 1.93 bits per heavy atom. The molecule has 1 rings (SSSR count). The summed E-state index contributed by atoms with van der Waals surface area (Å²) in [7, 11) is 0. The van der Waals surface area contributed by atoms with Crippen LogP contribution < -0.4 is 0 Å². The molecule has 15 heavy (non-hydrogen) atoms. The van der Waals surface area contributed by atoms with Gasteiger partial charge in [0.1, 0.15) is 0 Å². The maximum absolute atomic E-state index is 3.76. The van der Waals surface area contributed by atoms with Crippen LogP contribution in [0.1, 0.15) is 43.4 Å². The van der Waals surface area contributed by atoms with Crippen molar-refractivity contribution < 1.29 is 0 Å². The van der Waals surface area contributed by atoms with Crippen molar-refractivity contribution in [2.75, 3.05) is 0 Å². The van der Waals surface area contributed by atoms with Crippen LogP contribution in [0.5, 0.6) is 0 Å². The first-order valence-electron chi connectivity index (χ1n) is 6.03. The minimum Gasteiger partial charge on any atom is -0.103 e. The normalized spacial score (nSPS) is 10.3. The highest BCUT2D eigenvalue weighted by Gasteiger charge is 2.01. The molecule has 0 atom stereocenters. The molecule has 0 saturated heterocycles. The maximum Gasteiger partial charge on any atom is -0.0273 e. The molecule has 0 bridgehead atoms. The van der Waals surface area contributed by atoms with Gasteiger partial charge in [0, 0.05) is 0 Å². The van der Waals surface area contributed by atoms with Gasteiger partial charge in [-0.05, 0) is 48.8 Å². The van der Waals surface area contributed by atoms with E-state index in [0.29, 0.717) is 0 Å². The Bertz CT molecular complexity index is 310. The van der Waals surface area contributed by atoms with E-state index >= 15 is 0 Å². The third-order valence-corrected chi connectivity index (χ3v) is 2.91. The smallest absolute Gasteiger partial charge is 0.0273 e. The van der Waals surface area contributed by atoms with E-state index in [1.807, 2.05) is 6.08 Å². The van der Waals surface area contributed by atoms with E-state index < -0.39 is 0 Å². The number of aryl methyl sites for hydroxylation is 3. The minimum absolute atomic E-state index is 1.12. The van der Waals surface area contributed by atoms with Crippen molar-refractivity contribution in [2.24, 2.45) is 0 Å². The zero-order chi connectivity index (χ0) is 11.1. The van der Waals surface area contributed by atoms with Crippen LogP contribution in [0.15, 0.2) is 30.9 Å². The van der Waals surface area contributed by atoms with Gasteiger partial charge in [-0.1, -0.05) is 38.1 Å². The molecule has 0 nitrogen and oxygen atoms in total. The summed E-state index contributed by atoms with van der Waals surface area (Å²) in [5.41, 5.74) is 4.51. The van der Waals surface area contributed by atoms with Crippen LogP contribution in [-0.2, 0) is 19.3 Å². The van der Waals surface area contributed by atoms with Gasteiger partial charge in [-0.25, -0.2) is 0 Å². The summed E-state index contributed by atoms with van der Waals surface area (Å²) in [6, 6.07) is 6.94. The molecule has 0 heterocycles. The number of allylic oxidation sites excluding steroid dienone is 1. The summed E-state index contributed by atoms with van der Waals surface area (Å²) in [5, 5.41) is 0. The molecule has 0 unspecified atom stereocenters. The van der Waals surface area contributed by atoms with Crippen LogP contribution in [-0.4, -0.2) is 0 Å². The van der Waals surface area contributed by atoms with Crippen molar-refractivity contribution in [3.63, 3.8) is 0 Å². The molecule has 0 amide bonds. The fourth-order valence-electron chi connectivity index (χ4n) is 1.91. The topological polar surface area (TPSA) is 0 Å². The van der Waals surface area contributed by atoms with Crippen LogP contribution in [0.2, 0.25) is 0 Å². The quantitative estimate of drug-likeness (QED) is 0.476. The second-order valence-electron chi connectivity index (χ2n) is 3.99. The van der Waals surface area contributed by atoms with E-state index in [-0.39, 0.29) is 0 Å². The van der Waals surface area contributed by atoms with Gasteiger partial charge < -0.3 is 0 Å². The number of rotatable bonds is 6. The summed E-state index contributed by atoms with van der Waals surface area (Å²) in [6.07, 6.45) is 7.84. The van der Waals surface area contributed by atoms with Gasteiger partial charge >= 0.3 is 0 Å². The Labute approximate surface area is 94.0 Å². The lowest BCUT2D eigenvalue weighted by molar-refractivity contribution is 0.830. The van der Waals surface area contributed by atoms with Crippen molar-refractivity contribution >= 4 is 0 Å². The van der Waals surface area contributed by atoms with Gasteiger partial charge in [-0.2, -0.15) is 0 Å². The summed E-state index contributed by atoms with van der Waals surface area (Å²) in [4.78, 5) is 0. The van der Waals surface area contributed by atoms with Gasteiger partial charge in [-0.15, -0.1) is 6.58 Å². The number of benzene rings is 1. The molecular weight excluding hydrogens is 180 g/mol. The third-order valence-electron chi connectivity index (χ3n) is 2.91. The zero-order valence-corrected chi connectivity index (χ0v) is 10.1. The van der Waals surface area contributed by atoms with E-state index in [4.69, 9.17) is 0 Å². The predicted molar refractivity (Wildman–Crippen MR) is 68.3 cm³/mol. The Morgan fingerprint density at radius 3 is 2.53 bits per heavy atom. The highest BCUT2D eigenvalue weighted by Crippen LogP contribution is 2.16. The molecular formula is C15H22. The molecule has 0 radical (unpaired) electrons. The van der Waals surface area contributed by atoms with Gasteiger partial charge in [-0.3, -0.25) is 0 Å². The van der Waals surface area contributed by atoms with Crippen molar-refractivity contribution in [1.82, 2.24) is 0 Å². The molecule has 0 N–H and O–H groups in total. The van der Waals surface area contributed by atoms with Gasteiger partial charge in [0.05, 0.1) is 0 Å². The molecule has 0 aliphatic carbocycles. The summed E-state index contributed by atoms with van der Waals surface area (Å²) in [5.74, 6) is 0. The van der Waals surface area contributed by atoms with E-state index in [9.17, 15) is 0 Å². The van der Waals surface area contributed by atoms with Crippen LogP contribution >= 0.6 is 0 Å². The molecule has 0 aliphatic rings. The molecule has 0 saturated carbocycles. The summed E-state index contributed by atoms with van der Waals surface area (Å²) < 4.78 is 0. The van der Waals surface area contributed by atoms with E-state index in [1.54, 1.807) is 0 Å². The zero-order valence-electron chi connectivity index (χ0n) is 10.1. The molecule has 1 aromatic rings. The van der Waals surface area contributed by atoms with Crippen LogP contribution in [0.4, 0.5) is 0 Å². The Balaban J connectivity index is 2.73. The fourth-order valence-corrected chi connectivity index (χ4v) is 1.91. The second-order valence-corrected chi connectivity index (χ2v) is 3.99. The first-order valence-corrected chi connectivity index (χ1v) is 6.03. The Hall–Kier alpha value is -1.04. The van der Waals surface area contributed by atoms with E-state index in [1.165, 1.54) is 29.5 Å². The number of hydrogen-bond acceptors (Lipinski definition) is 0. The largest absolute Gasteiger partial charge is 0.103 e. The highest BCUT2D eigenvalue weighted by molar-refractivity contribution is 5.32. The summed E-state index contributed by atoms with van der Waals surface area (Å²) in [6.45, 7) is 8.22. The Morgan fingerprint density at radius 1 is 1.13 bits per heavy atom. The van der Waals surface area contributed by atoms with Crippen LogP contribution in [0, 0.1) is 0 Å². The van der Waals surface area contributed by atoms with Crippen molar-refractivity contribution in [2.45, 2.75) is 46.0 Å². The standard InChI is InChI=1S/C15H22/c1-4-7-8-9-15-11-10-13(5-2)12-14(15)6-3/h4,10-12H,1,5-9H2,2-3H3. The maximum atomic E-state index is 3.76. The Kier molecular flexibility index (Phi) is 5.17. The third kappa shape index (κ3) is 3.54. The lowest BCUT2D eigenvalue weighted by atomic mass is 9.97. The first-order chi connectivity index (χ1) is 7.31.